The van der Waals surface area contributed by atoms with Gasteiger partial charge in [-0.3, -0.25) is 9.78 Å². The van der Waals surface area contributed by atoms with E-state index < -0.39 is 24.5 Å². The molecular weight excluding hydrogens is 347 g/mol. The van der Waals surface area contributed by atoms with E-state index in [1.807, 2.05) is 0 Å². The van der Waals surface area contributed by atoms with Gasteiger partial charge in [-0.2, -0.15) is 0 Å². The minimum absolute atomic E-state index is 0.131. The number of halogens is 4. The molecule has 0 aliphatic carbocycles. The van der Waals surface area contributed by atoms with E-state index in [0.29, 0.717) is 5.56 Å². The lowest BCUT2D eigenvalue weighted by Gasteiger charge is -2.17. The molecule has 0 fully saturated rings. The number of hydrogen-bond acceptors (Lipinski definition) is 5. The van der Waals surface area contributed by atoms with Gasteiger partial charge in [0, 0.05) is 17.1 Å². The second-order valence-electron chi connectivity index (χ2n) is 3.53. The number of alkyl halides is 4. The van der Waals surface area contributed by atoms with Crippen LogP contribution in [-0.2, 0) is 21.3 Å². The van der Waals surface area contributed by atoms with E-state index in [1.165, 1.54) is 13.3 Å². The van der Waals surface area contributed by atoms with Crippen molar-refractivity contribution in [1.82, 2.24) is 4.98 Å². The number of rotatable bonds is 5. The summed E-state index contributed by atoms with van der Waals surface area (Å²) in [7, 11) is 2.32. The molecule has 0 saturated carbocycles. The summed E-state index contributed by atoms with van der Waals surface area (Å²) in [6.45, 7) is 0. The Morgan fingerprint density at radius 1 is 1.35 bits per heavy atom. The van der Waals surface area contributed by atoms with Gasteiger partial charge in [0.25, 0.3) is 0 Å². The molecule has 5 nitrogen and oxygen atoms in total. The maximum absolute atomic E-state index is 12.5. The Balaban J connectivity index is 3.31. The molecule has 0 unspecified atom stereocenters. The Kier molecular flexibility index (Phi) is 5.61. The molecular formula is C11H11BrF3NO4. The van der Waals surface area contributed by atoms with Crippen LogP contribution in [0.1, 0.15) is 11.3 Å². The molecule has 0 spiro atoms. The first-order valence-electron chi connectivity index (χ1n) is 5.25. The number of nitrogens with zero attached hydrogens (tertiary/aromatic N) is 1. The molecule has 0 aliphatic rings. The average Bonchev–Trinajstić information content (AvgIpc) is 2.38. The Bertz CT molecular complexity index is 493. The van der Waals surface area contributed by atoms with E-state index in [2.05, 4.69) is 30.4 Å². The third-order valence-electron chi connectivity index (χ3n) is 2.24. The normalized spacial score (nSPS) is 11.1. The van der Waals surface area contributed by atoms with Crippen molar-refractivity contribution in [1.29, 1.82) is 0 Å². The molecule has 1 rings (SSSR count). The lowest BCUT2D eigenvalue weighted by Crippen LogP contribution is -2.20. The van der Waals surface area contributed by atoms with Crippen LogP contribution in [0.15, 0.2) is 6.20 Å². The van der Waals surface area contributed by atoms with Crippen LogP contribution in [0.4, 0.5) is 13.2 Å². The maximum atomic E-state index is 12.5. The van der Waals surface area contributed by atoms with Crippen molar-refractivity contribution < 1.29 is 32.2 Å². The molecule has 0 amide bonds. The molecule has 0 saturated heterocycles. The van der Waals surface area contributed by atoms with Gasteiger partial charge in [0.15, 0.2) is 11.5 Å². The van der Waals surface area contributed by atoms with Crippen LogP contribution in [0.3, 0.4) is 0 Å². The van der Waals surface area contributed by atoms with Gasteiger partial charge in [-0.25, -0.2) is 0 Å². The lowest BCUT2D eigenvalue weighted by molar-refractivity contribution is -0.275. The van der Waals surface area contributed by atoms with Crippen LogP contribution in [0.2, 0.25) is 0 Å². The molecule has 1 aromatic rings. The second kappa shape index (κ2) is 6.78. The van der Waals surface area contributed by atoms with Crippen molar-refractivity contribution >= 4 is 21.9 Å². The van der Waals surface area contributed by atoms with Crippen LogP contribution in [0.25, 0.3) is 0 Å². The van der Waals surface area contributed by atoms with Crippen LogP contribution in [0.5, 0.6) is 11.5 Å². The minimum Gasteiger partial charge on any atom is -0.492 e. The van der Waals surface area contributed by atoms with Crippen molar-refractivity contribution in [3.8, 4) is 11.5 Å². The van der Waals surface area contributed by atoms with Crippen molar-refractivity contribution in [3.05, 3.63) is 17.5 Å². The number of methoxy groups -OCH3 is 2. The number of pyridine rings is 1. The first-order chi connectivity index (χ1) is 9.32. The third-order valence-corrected chi connectivity index (χ3v) is 2.85. The first-order valence-corrected chi connectivity index (χ1v) is 6.37. The fourth-order valence-electron chi connectivity index (χ4n) is 1.42. The van der Waals surface area contributed by atoms with Gasteiger partial charge in [-0.1, -0.05) is 15.9 Å². The van der Waals surface area contributed by atoms with Gasteiger partial charge in [-0.05, 0) is 0 Å². The van der Waals surface area contributed by atoms with Crippen molar-refractivity contribution in [2.24, 2.45) is 0 Å². The summed E-state index contributed by atoms with van der Waals surface area (Å²) in [5.41, 5.74) is 0.149. The summed E-state index contributed by atoms with van der Waals surface area (Å²) in [6, 6.07) is 0. The van der Waals surface area contributed by atoms with E-state index >= 15 is 0 Å². The number of ether oxygens (including phenoxy) is 3. The zero-order valence-corrected chi connectivity index (χ0v) is 12.2. The van der Waals surface area contributed by atoms with Crippen LogP contribution in [-0.4, -0.2) is 31.5 Å². The molecule has 0 aromatic carbocycles. The summed E-state index contributed by atoms with van der Waals surface area (Å²) < 4.78 is 50.6. The number of esters is 1. The first kappa shape index (κ1) is 16.5. The second-order valence-corrected chi connectivity index (χ2v) is 4.09. The highest BCUT2D eigenvalue weighted by Crippen LogP contribution is 2.38. The smallest absolute Gasteiger partial charge is 0.492 e. The van der Waals surface area contributed by atoms with Crippen molar-refractivity contribution in [2.45, 2.75) is 18.1 Å². The van der Waals surface area contributed by atoms with Crippen LogP contribution >= 0.6 is 15.9 Å². The molecule has 20 heavy (non-hydrogen) atoms. The van der Waals surface area contributed by atoms with E-state index in [4.69, 9.17) is 4.74 Å². The van der Waals surface area contributed by atoms with Crippen molar-refractivity contribution in [3.63, 3.8) is 0 Å². The van der Waals surface area contributed by atoms with E-state index in [9.17, 15) is 18.0 Å². The molecule has 0 radical (unpaired) electrons. The summed E-state index contributed by atoms with van der Waals surface area (Å²) in [6.07, 6.45) is -4.08. The molecule has 1 aromatic heterocycles. The monoisotopic (exact) mass is 357 g/mol. The molecule has 0 bridgehead atoms. The number of carbonyl (C=O) groups excluding carboxylic acids is 1. The highest BCUT2D eigenvalue weighted by atomic mass is 79.9. The largest absolute Gasteiger partial charge is 0.573 e. The minimum atomic E-state index is -4.93. The van der Waals surface area contributed by atoms with Crippen LogP contribution in [0, 0.1) is 0 Å². The van der Waals surface area contributed by atoms with Gasteiger partial charge >= 0.3 is 12.3 Å². The average molecular weight is 358 g/mol. The molecule has 0 atom stereocenters. The molecule has 0 aliphatic heterocycles. The number of aromatic nitrogens is 1. The zero-order valence-electron chi connectivity index (χ0n) is 10.6. The van der Waals surface area contributed by atoms with Crippen molar-refractivity contribution in [2.75, 3.05) is 14.2 Å². The summed E-state index contributed by atoms with van der Waals surface area (Å²) in [5, 5.41) is 0.218. The Morgan fingerprint density at radius 2 is 2.00 bits per heavy atom. The highest BCUT2D eigenvalue weighted by molar-refractivity contribution is 9.08. The van der Waals surface area contributed by atoms with Gasteiger partial charge < -0.3 is 14.2 Å². The van der Waals surface area contributed by atoms with Gasteiger partial charge in [0.05, 0.1) is 26.3 Å². The maximum Gasteiger partial charge on any atom is 0.573 e. The van der Waals surface area contributed by atoms with Gasteiger partial charge in [0.2, 0.25) is 0 Å². The fraction of sp³-hybridized carbons (Fsp3) is 0.455. The topological polar surface area (TPSA) is 57.7 Å². The van der Waals surface area contributed by atoms with Crippen LogP contribution < -0.4 is 9.47 Å². The quantitative estimate of drug-likeness (QED) is 0.598. The third kappa shape index (κ3) is 4.26. The number of carbonyl (C=O) groups is 1. The van der Waals surface area contributed by atoms with E-state index in [0.717, 1.165) is 7.11 Å². The fourth-order valence-corrected chi connectivity index (χ4v) is 1.82. The molecule has 0 N–H and O–H groups in total. The zero-order chi connectivity index (χ0) is 15.3. The number of hydrogen-bond donors (Lipinski definition) is 0. The van der Waals surface area contributed by atoms with Gasteiger partial charge in [0.1, 0.15) is 0 Å². The summed E-state index contributed by atoms with van der Waals surface area (Å²) in [5.74, 6) is -1.51. The summed E-state index contributed by atoms with van der Waals surface area (Å²) >= 11 is 3.10. The summed E-state index contributed by atoms with van der Waals surface area (Å²) in [4.78, 5) is 15.0. The van der Waals surface area contributed by atoms with Gasteiger partial charge in [-0.15, -0.1) is 13.2 Å². The Labute approximate surface area is 121 Å². The molecule has 112 valence electrons. The highest BCUT2D eigenvalue weighted by Gasteiger charge is 2.35. The standard InChI is InChI=1S/C11H11BrF3NO4/c1-18-8(17)3-7-10(20-11(13,14)15)9(19-2)6(4-12)5-16-7/h5H,3-4H2,1-2H3. The SMILES string of the molecule is COC(=O)Cc1ncc(CBr)c(OC)c1OC(F)(F)F. The lowest BCUT2D eigenvalue weighted by atomic mass is 10.2. The predicted octanol–water partition coefficient (Wildman–Crippen LogP) is 2.60. The Hall–Kier alpha value is -1.51. The van der Waals surface area contributed by atoms with E-state index in [-0.39, 0.29) is 16.8 Å². The predicted molar refractivity (Wildman–Crippen MR) is 65.8 cm³/mol. The Morgan fingerprint density at radius 3 is 2.45 bits per heavy atom. The molecule has 1 heterocycles. The van der Waals surface area contributed by atoms with E-state index in [1.54, 1.807) is 0 Å². The molecule has 9 heteroatoms.